The Kier molecular flexibility index (Phi) is 6.40. The van der Waals surface area contributed by atoms with Crippen LogP contribution >= 0.6 is 0 Å². The fraction of sp³-hybridized carbons (Fsp3) is 0.385. The van der Waals surface area contributed by atoms with Crippen LogP contribution in [0.5, 0.6) is 0 Å². The summed E-state index contributed by atoms with van der Waals surface area (Å²) in [6.45, 7) is 6.24. The number of aromatic nitrogens is 1. The lowest BCUT2D eigenvalue weighted by atomic mass is 9.88. The van der Waals surface area contributed by atoms with E-state index in [4.69, 9.17) is 0 Å². The molecule has 1 unspecified atom stereocenters. The van der Waals surface area contributed by atoms with Gasteiger partial charge >= 0.3 is 0 Å². The van der Waals surface area contributed by atoms with Gasteiger partial charge in [-0.3, -0.25) is 9.59 Å². The SMILES string of the molecule is CCc1cccc2c(C(CC(=O)N3CCN(C(C)=O)CC3)Cc3ccccc3)c[nH]c12. The van der Waals surface area contributed by atoms with Crippen LogP contribution in [0.4, 0.5) is 0 Å². The van der Waals surface area contributed by atoms with Crippen LogP contribution in [0.25, 0.3) is 10.9 Å². The van der Waals surface area contributed by atoms with Crippen LogP contribution < -0.4 is 0 Å². The fourth-order valence-corrected chi connectivity index (χ4v) is 4.67. The number of H-pyrrole nitrogens is 1. The Labute approximate surface area is 184 Å². The maximum atomic E-state index is 13.2. The molecule has 1 atom stereocenters. The van der Waals surface area contributed by atoms with Crippen molar-refractivity contribution < 1.29 is 9.59 Å². The molecule has 0 spiro atoms. The maximum Gasteiger partial charge on any atom is 0.223 e. The Balaban J connectivity index is 1.58. The number of aryl methyl sites for hydroxylation is 1. The van der Waals surface area contributed by atoms with Crippen molar-refractivity contribution in [2.24, 2.45) is 0 Å². The Hall–Kier alpha value is -3.08. The van der Waals surface area contributed by atoms with Crippen LogP contribution in [0.1, 0.15) is 42.9 Å². The minimum Gasteiger partial charge on any atom is -0.361 e. The van der Waals surface area contributed by atoms with Gasteiger partial charge in [-0.25, -0.2) is 0 Å². The number of nitrogens with zero attached hydrogens (tertiary/aromatic N) is 2. The lowest BCUT2D eigenvalue weighted by molar-refractivity contribution is -0.138. The monoisotopic (exact) mass is 417 g/mol. The van der Waals surface area contributed by atoms with Crippen LogP contribution in [-0.4, -0.2) is 52.8 Å². The Morgan fingerprint density at radius 3 is 2.35 bits per heavy atom. The van der Waals surface area contributed by atoms with Crippen LogP contribution in [0.2, 0.25) is 0 Å². The minimum absolute atomic E-state index is 0.0829. The van der Waals surface area contributed by atoms with Crippen LogP contribution in [0.15, 0.2) is 54.7 Å². The van der Waals surface area contributed by atoms with Crippen molar-refractivity contribution >= 4 is 22.7 Å². The molecular formula is C26H31N3O2. The Morgan fingerprint density at radius 2 is 1.68 bits per heavy atom. The summed E-state index contributed by atoms with van der Waals surface area (Å²) in [4.78, 5) is 32.1. The molecule has 0 radical (unpaired) electrons. The highest BCUT2D eigenvalue weighted by Crippen LogP contribution is 2.33. The first-order chi connectivity index (χ1) is 15.1. The normalized spacial score (nSPS) is 15.3. The largest absolute Gasteiger partial charge is 0.361 e. The smallest absolute Gasteiger partial charge is 0.223 e. The number of nitrogens with one attached hydrogen (secondary N) is 1. The predicted molar refractivity (Wildman–Crippen MR) is 124 cm³/mol. The average Bonchev–Trinajstić information content (AvgIpc) is 3.23. The van der Waals surface area contributed by atoms with Crippen molar-refractivity contribution in [3.63, 3.8) is 0 Å². The van der Waals surface area contributed by atoms with E-state index < -0.39 is 0 Å². The van der Waals surface area contributed by atoms with Gasteiger partial charge in [-0.1, -0.05) is 55.5 Å². The predicted octanol–water partition coefficient (Wildman–Crippen LogP) is 4.14. The number of fused-ring (bicyclic) bond motifs is 1. The highest BCUT2D eigenvalue weighted by Gasteiger charge is 2.26. The standard InChI is InChI=1S/C26H31N3O2/c1-3-21-10-7-11-23-24(18-27-26(21)23)22(16-20-8-5-4-6-9-20)17-25(31)29-14-12-28(13-15-29)19(2)30/h4-11,18,22,27H,3,12-17H2,1-2H3. The van der Waals surface area contributed by atoms with E-state index in [1.165, 1.54) is 27.6 Å². The average molecular weight is 418 g/mol. The van der Waals surface area contributed by atoms with Crippen LogP contribution in [0.3, 0.4) is 0 Å². The van der Waals surface area contributed by atoms with E-state index in [1.807, 2.05) is 15.9 Å². The molecule has 2 heterocycles. The van der Waals surface area contributed by atoms with E-state index in [9.17, 15) is 9.59 Å². The molecule has 2 aromatic carbocycles. The van der Waals surface area contributed by atoms with Crippen molar-refractivity contribution in [3.8, 4) is 0 Å². The third kappa shape index (κ3) is 4.66. The van der Waals surface area contributed by atoms with Gasteiger partial charge in [0.1, 0.15) is 0 Å². The van der Waals surface area contributed by atoms with Crippen molar-refractivity contribution in [3.05, 3.63) is 71.4 Å². The molecule has 4 rings (SSSR count). The number of rotatable bonds is 6. The molecule has 162 valence electrons. The minimum atomic E-state index is 0.0829. The van der Waals surface area contributed by atoms with E-state index in [1.54, 1.807) is 6.92 Å². The van der Waals surface area contributed by atoms with Gasteiger partial charge < -0.3 is 14.8 Å². The van der Waals surface area contributed by atoms with Crippen LogP contribution in [0, 0.1) is 0 Å². The molecule has 5 heteroatoms. The molecule has 3 aromatic rings. The number of benzene rings is 2. The first-order valence-electron chi connectivity index (χ1n) is 11.2. The summed E-state index contributed by atoms with van der Waals surface area (Å²) in [5.74, 6) is 0.353. The number of piperazine rings is 1. The highest BCUT2D eigenvalue weighted by molar-refractivity contribution is 5.87. The molecule has 0 bridgehead atoms. The molecule has 1 saturated heterocycles. The summed E-state index contributed by atoms with van der Waals surface area (Å²) in [6, 6.07) is 16.8. The number of amides is 2. The van der Waals surface area contributed by atoms with E-state index in [2.05, 4.69) is 60.6 Å². The molecule has 2 amide bonds. The summed E-state index contributed by atoms with van der Waals surface area (Å²) in [5.41, 5.74) is 4.93. The van der Waals surface area contributed by atoms with Gasteiger partial charge in [0.25, 0.3) is 0 Å². The third-order valence-corrected chi connectivity index (χ3v) is 6.48. The van der Waals surface area contributed by atoms with Gasteiger partial charge in [0.05, 0.1) is 0 Å². The van der Waals surface area contributed by atoms with Gasteiger partial charge in [0, 0.05) is 56.6 Å². The molecule has 31 heavy (non-hydrogen) atoms. The number of aromatic amines is 1. The van der Waals surface area contributed by atoms with Crippen molar-refractivity contribution in [2.75, 3.05) is 26.2 Å². The van der Waals surface area contributed by atoms with Gasteiger partial charge in [-0.05, 0) is 35.4 Å². The molecule has 1 fully saturated rings. The molecule has 0 saturated carbocycles. The van der Waals surface area contributed by atoms with E-state index in [0.29, 0.717) is 32.6 Å². The van der Waals surface area contributed by atoms with Gasteiger partial charge in [0.15, 0.2) is 0 Å². The van der Waals surface area contributed by atoms with E-state index >= 15 is 0 Å². The maximum absolute atomic E-state index is 13.2. The third-order valence-electron chi connectivity index (χ3n) is 6.48. The topological polar surface area (TPSA) is 56.4 Å². The summed E-state index contributed by atoms with van der Waals surface area (Å²) in [7, 11) is 0. The van der Waals surface area contributed by atoms with Gasteiger partial charge in [-0.2, -0.15) is 0 Å². The lowest BCUT2D eigenvalue weighted by Crippen LogP contribution is -2.50. The Morgan fingerprint density at radius 1 is 0.968 bits per heavy atom. The zero-order valence-corrected chi connectivity index (χ0v) is 18.4. The molecule has 5 nitrogen and oxygen atoms in total. The van der Waals surface area contributed by atoms with Crippen molar-refractivity contribution in [1.29, 1.82) is 0 Å². The second-order valence-electron chi connectivity index (χ2n) is 8.41. The fourth-order valence-electron chi connectivity index (χ4n) is 4.67. The second-order valence-corrected chi connectivity index (χ2v) is 8.41. The number of para-hydroxylation sites is 1. The second kappa shape index (κ2) is 9.38. The summed E-state index contributed by atoms with van der Waals surface area (Å²) in [5, 5.41) is 1.22. The molecule has 1 aliphatic heterocycles. The Bertz CT molecular complexity index is 1050. The van der Waals surface area contributed by atoms with E-state index in [-0.39, 0.29) is 17.7 Å². The number of carbonyl (C=O) groups excluding carboxylic acids is 2. The lowest BCUT2D eigenvalue weighted by Gasteiger charge is -2.35. The molecule has 0 aliphatic carbocycles. The molecular weight excluding hydrogens is 386 g/mol. The zero-order chi connectivity index (χ0) is 21.8. The number of hydrogen-bond acceptors (Lipinski definition) is 2. The number of hydrogen-bond donors (Lipinski definition) is 1. The quantitative estimate of drug-likeness (QED) is 0.655. The zero-order valence-electron chi connectivity index (χ0n) is 18.4. The molecule has 1 aliphatic rings. The van der Waals surface area contributed by atoms with Crippen molar-refractivity contribution in [2.45, 2.75) is 39.0 Å². The summed E-state index contributed by atoms with van der Waals surface area (Å²) >= 11 is 0. The summed E-state index contributed by atoms with van der Waals surface area (Å²) < 4.78 is 0. The molecule has 1 N–H and O–H groups in total. The first kappa shape index (κ1) is 21.2. The molecule has 1 aromatic heterocycles. The van der Waals surface area contributed by atoms with Crippen LogP contribution in [-0.2, 0) is 22.4 Å². The van der Waals surface area contributed by atoms with Gasteiger partial charge in [-0.15, -0.1) is 0 Å². The van der Waals surface area contributed by atoms with Gasteiger partial charge in [0.2, 0.25) is 11.8 Å². The summed E-state index contributed by atoms with van der Waals surface area (Å²) in [6.07, 6.45) is 4.36. The first-order valence-corrected chi connectivity index (χ1v) is 11.2. The van der Waals surface area contributed by atoms with Crippen molar-refractivity contribution in [1.82, 2.24) is 14.8 Å². The number of carbonyl (C=O) groups is 2. The highest BCUT2D eigenvalue weighted by atomic mass is 16.2. The van der Waals surface area contributed by atoms with E-state index in [0.717, 1.165) is 12.8 Å².